The molecule has 174 valence electrons. The van der Waals surface area contributed by atoms with Gasteiger partial charge in [-0.3, -0.25) is 0 Å². The Morgan fingerprint density at radius 3 is 1.78 bits per heavy atom. The van der Waals surface area contributed by atoms with Gasteiger partial charge in [-0.2, -0.15) is 10.5 Å². The lowest BCUT2D eigenvalue weighted by Crippen LogP contribution is -2.24. The fraction of sp³-hybridized carbons (Fsp3) is 0.125. The van der Waals surface area contributed by atoms with Gasteiger partial charge in [-0.1, -0.05) is 72.8 Å². The Morgan fingerprint density at radius 2 is 1.19 bits per heavy atom. The van der Waals surface area contributed by atoms with Crippen molar-refractivity contribution in [3.8, 4) is 45.5 Å². The van der Waals surface area contributed by atoms with Crippen molar-refractivity contribution in [3.63, 3.8) is 0 Å². The molecule has 4 aromatic carbocycles. The SMILES string of the molecule is CCN(CC)c1c(C#N)c(-c2ccccc2)cc(-c2ccc(-c3csc4ccccc34)cc2)c1C#N. The molecule has 0 amide bonds. The zero-order valence-corrected chi connectivity index (χ0v) is 21.1. The zero-order valence-electron chi connectivity index (χ0n) is 20.3. The average molecular weight is 484 g/mol. The first-order valence-corrected chi connectivity index (χ1v) is 13.0. The van der Waals surface area contributed by atoms with Gasteiger partial charge < -0.3 is 4.90 Å². The molecule has 3 nitrogen and oxygen atoms in total. The second-order valence-corrected chi connectivity index (χ2v) is 9.47. The van der Waals surface area contributed by atoms with E-state index >= 15 is 0 Å². The predicted molar refractivity (Wildman–Crippen MR) is 151 cm³/mol. The van der Waals surface area contributed by atoms with Crippen LogP contribution in [-0.2, 0) is 0 Å². The topological polar surface area (TPSA) is 50.8 Å². The van der Waals surface area contributed by atoms with Crippen molar-refractivity contribution in [1.82, 2.24) is 0 Å². The van der Waals surface area contributed by atoms with Crippen LogP contribution in [0.15, 0.2) is 90.3 Å². The zero-order chi connectivity index (χ0) is 25.1. The summed E-state index contributed by atoms with van der Waals surface area (Å²) in [4.78, 5) is 2.11. The van der Waals surface area contributed by atoms with Crippen LogP contribution in [-0.4, -0.2) is 13.1 Å². The fourth-order valence-electron chi connectivity index (χ4n) is 4.85. The van der Waals surface area contributed by atoms with Crippen LogP contribution >= 0.6 is 11.3 Å². The Labute approximate surface area is 216 Å². The number of nitrogens with zero attached hydrogens (tertiary/aromatic N) is 3. The van der Waals surface area contributed by atoms with E-state index in [4.69, 9.17) is 0 Å². The molecule has 0 N–H and O–H groups in total. The van der Waals surface area contributed by atoms with Crippen LogP contribution in [0.5, 0.6) is 0 Å². The van der Waals surface area contributed by atoms with Crippen molar-refractivity contribution >= 4 is 27.1 Å². The smallest absolute Gasteiger partial charge is 0.102 e. The highest BCUT2D eigenvalue weighted by Gasteiger charge is 2.23. The summed E-state index contributed by atoms with van der Waals surface area (Å²) in [6.45, 7) is 5.53. The number of anilines is 1. The summed E-state index contributed by atoms with van der Waals surface area (Å²) in [7, 11) is 0. The molecule has 0 aliphatic rings. The molecular formula is C32H25N3S. The average Bonchev–Trinajstić information content (AvgIpc) is 3.38. The van der Waals surface area contributed by atoms with E-state index in [0.717, 1.165) is 27.8 Å². The Balaban J connectivity index is 1.72. The molecule has 0 spiro atoms. The molecule has 0 saturated heterocycles. The summed E-state index contributed by atoms with van der Waals surface area (Å²) < 4.78 is 1.27. The molecule has 0 saturated carbocycles. The van der Waals surface area contributed by atoms with E-state index in [0.29, 0.717) is 29.9 Å². The highest BCUT2D eigenvalue weighted by molar-refractivity contribution is 7.17. The van der Waals surface area contributed by atoms with Gasteiger partial charge in [0.25, 0.3) is 0 Å². The molecule has 5 aromatic rings. The molecule has 0 unspecified atom stereocenters. The van der Waals surface area contributed by atoms with Crippen LogP contribution in [0.4, 0.5) is 5.69 Å². The maximum atomic E-state index is 10.3. The van der Waals surface area contributed by atoms with Gasteiger partial charge in [-0.15, -0.1) is 11.3 Å². The molecule has 0 fully saturated rings. The second kappa shape index (κ2) is 10.1. The Kier molecular flexibility index (Phi) is 6.54. The van der Waals surface area contributed by atoms with Crippen molar-refractivity contribution < 1.29 is 0 Å². The molecule has 0 bridgehead atoms. The first kappa shape index (κ1) is 23.4. The van der Waals surface area contributed by atoms with E-state index < -0.39 is 0 Å². The normalized spacial score (nSPS) is 10.7. The van der Waals surface area contributed by atoms with Gasteiger partial charge in [0.1, 0.15) is 12.1 Å². The molecule has 36 heavy (non-hydrogen) atoms. The first-order valence-electron chi connectivity index (χ1n) is 12.1. The van der Waals surface area contributed by atoms with Gasteiger partial charge >= 0.3 is 0 Å². The highest BCUT2D eigenvalue weighted by Crippen LogP contribution is 2.41. The molecular weight excluding hydrogens is 458 g/mol. The Hall–Kier alpha value is -4.38. The van der Waals surface area contributed by atoms with Crippen LogP contribution in [0.1, 0.15) is 25.0 Å². The molecule has 4 heteroatoms. The van der Waals surface area contributed by atoms with Crippen molar-refractivity contribution in [2.75, 3.05) is 18.0 Å². The first-order chi connectivity index (χ1) is 17.7. The minimum absolute atomic E-state index is 0.545. The summed E-state index contributed by atoms with van der Waals surface area (Å²) in [6, 6.07) is 33.7. The third-order valence-electron chi connectivity index (χ3n) is 6.68. The van der Waals surface area contributed by atoms with Gasteiger partial charge in [0, 0.05) is 39.9 Å². The van der Waals surface area contributed by atoms with Crippen molar-refractivity contribution in [2.45, 2.75) is 13.8 Å². The lowest BCUT2D eigenvalue weighted by molar-refractivity contribution is 0.863. The summed E-state index contributed by atoms with van der Waals surface area (Å²) in [5.74, 6) is 0. The lowest BCUT2D eigenvalue weighted by Gasteiger charge is -2.26. The number of benzene rings is 4. The summed E-state index contributed by atoms with van der Waals surface area (Å²) in [6.07, 6.45) is 0. The molecule has 0 aliphatic carbocycles. The number of hydrogen-bond donors (Lipinski definition) is 0. The van der Waals surface area contributed by atoms with Crippen LogP contribution in [0, 0.1) is 22.7 Å². The number of thiophene rings is 1. The Morgan fingerprint density at radius 1 is 0.667 bits per heavy atom. The molecule has 0 atom stereocenters. The standard InChI is InChI=1S/C32H25N3S/c1-3-35(4-2)32-28(19-33)26(22-10-6-5-7-11-22)18-27(29(32)20-34)23-14-16-24(17-15-23)30-21-36-31-13-9-8-12-25(30)31/h5-18,21H,3-4H2,1-2H3. The largest absolute Gasteiger partial charge is 0.370 e. The van der Waals surface area contributed by atoms with Crippen LogP contribution in [0.2, 0.25) is 0 Å². The fourth-order valence-corrected chi connectivity index (χ4v) is 5.82. The molecule has 0 radical (unpaired) electrons. The van der Waals surface area contributed by atoms with Crippen molar-refractivity contribution in [2.24, 2.45) is 0 Å². The molecule has 0 aliphatic heterocycles. The van der Waals surface area contributed by atoms with Crippen LogP contribution in [0.25, 0.3) is 43.5 Å². The van der Waals surface area contributed by atoms with E-state index in [9.17, 15) is 10.5 Å². The van der Waals surface area contributed by atoms with Crippen molar-refractivity contribution in [3.05, 3.63) is 101 Å². The minimum Gasteiger partial charge on any atom is -0.370 e. The van der Waals surface area contributed by atoms with E-state index in [2.05, 4.69) is 84.8 Å². The molecule has 1 aromatic heterocycles. The predicted octanol–water partition coefficient (Wildman–Crippen LogP) is 8.49. The van der Waals surface area contributed by atoms with Crippen LogP contribution < -0.4 is 4.90 Å². The summed E-state index contributed by atoms with van der Waals surface area (Å²) in [5.41, 5.74) is 7.80. The molecule has 1 heterocycles. The maximum Gasteiger partial charge on any atom is 0.102 e. The third-order valence-corrected chi connectivity index (χ3v) is 7.64. The lowest BCUT2D eigenvalue weighted by atomic mass is 9.88. The van der Waals surface area contributed by atoms with Gasteiger partial charge in [0.2, 0.25) is 0 Å². The number of hydrogen-bond acceptors (Lipinski definition) is 4. The molecule has 5 rings (SSSR count). The third kappa shape index (κ3) is 4.03. The van der Waals surface area contributed by atoms with E-state index in [-0.39, 0.29) is 0 Å². The monoisotopic (exact) mass is 483 g/mol. The number of rotatable bonds is 6. The van der Waals surface area contributed by atoms with Crippen molar-refractivity contribution in [1.29, 1.82) is 10.5 Å². The van der Waals surface area contributed by atoms with Gasteiger partial charge in [-0.25, -0.2) is 0 Å². The quantitative estimate of drug-likeness (QED) is 0.243. The maximum absolute atomic E-state index is 10.3. The second-order valence-electron chi connectivity index (χ2n) is 8.56. The van der Waals surface area contributed by atoms with E-state index in [1.54, 1.807) is 11.3 Å². The van der Waals surface area contributed by atoms with Gasteiger partial charge in [-0.05, 0) is 48.1 Å². The number of fused-ring (bicyclic) bond motifs is 1. The van der Waals surface area contributed by atoms with Gasteiger partial charge in [0.15, 0.2) is 0 Å². The summed E-state index contributed by atoms with van der Waals surface area (Å²) >= 11 is 1.75. The van der Waals surface area contributed by atoms with Gasteiger partial charge in [0.05, 0.1) is 16.8 Å². The minimum atomic E-state index is 0.545. The number of nitriles is 2. The Bertz CT molecular complexity index is 1610. The highest BCUT2D eigenvalue weighted by atomic mass is 32.1. The van der Waals surface area contributed by atoms with E-state index in [1.807, 2.05) is 36.4 Å². The van der Waals surface area contributed by atoms with Crippen LogP contribution in [0.3, 0.4) is 0 Å². The summed E-state index contributed by atoms with van der Waals surface area (Å²) in [5, 5.41) is 24.0. The van der Waals surface area contributed by atoms with E-state index in [1.165, 1.54) is 15.6 Å².